The smallest absolute Gasteiger partial charge is 0.178 e. The van der Waals surface area contributed by atoms with Crippen LogP contribution < -0.4 is 5.32 Å². The highest BCUT2D eigenvalue weighted by molar-refractivity contribution is 7.91. The van der Waals surface area contributed by atoms with Gasteiger partial charge < -0.3 is 5.32 Å². The number of sulfone groups is 1. The van der Waals surface area contributed by atoms with Crippen LogP contribution in [0.4, 0.5) is 5.69 Å². The van der Waals surface area contributed by atoms with Gasteiger partial charge in [0, 0.05) is 11.7 Å². The van der Waals surface area contributed by atoms with Crippen molar-refractivity contribution < 1.29 is 8.42 Å². The maximum atomic E-state index is 11.8. The lowest BCUT2D eigenvalue weighted by Gasteiger charge is -2.21. The Kier molecular flexibility index (Phi) is 6.53. The molecule has 2 unspecified atom stereocenters. The second kappa shape index (κ2) is 7.67. The van der Waals surface area contributed by atoms with Gasteiger partial charge in [-0.1, -0.05) is 34.1 Å². The number of nitrogens with one attached hydrogen (secondary N) is 1. The molecule has 0 heterocycles. The van der Waals surface area contributed by atoms with E-state index in [9.17, 15) is 8.42 Å². The Bertz CT molecular complexity index is 494. The van der Waals surface area contributed by atoms with Crippen molar-refractivity contribution in [3.05, 3.63) is 24.3 Å². The summed E-state index contributed by atoms with van der Waals surface area (Å²) >= 11 is 0. The van der Waals surface area contributed by atoms with E-state index in [-0.39, 0.29) is 5.75 Å². The largest absolute Gasteiger partial charge is 0.382 e. The van der Waals surface area contributed by atoms with Crippen LogP contribution in [0.2, 0.25) is 0 Å². The Hall–Kier alpha value is -1.03. The van der Waals surface area contributed by atoms with Crippen molar-refractivity contribution in [2.24, 2.45) is 5.92 Å². The third kappa shape index (κ3) is 4.82. The summed E-state index contributed by atoms with van der Waals surface area (Å²) in [7, 11) is -3.10. The predicted octanol–water partition coefficient (Wildman–Crippen LogP) is 4.11. The molecule has 0 saturated heterocycles. The van der Waals surface area contributed by atoms with Gasteiger partial charge in [0.2, 0.25) is 0 Å². The third-order valence-electron chi connectivity index (χ3n) is 3.84. The van der Waals surface area contributed by atoms with E-state index < -0.39 is 9.84 Å². The van der Waals surface area contributed by atoms with Crippen LogP contribution >= 0.6 is 0 Å². The number of hydrogen-bond acceptors (Lipinski definition) is 3. The zero-order chi connectivity index (χ0) is 15.2. The minimum atomic E-state index is -3.10. The molecule has 1 N–H and O–H groups in total. The fourth-order valence-corrected chi connectivity index (χ4v) is 3.02. The van der Waals surface area contributed by atoms with Gasteiger partial charge in [0.15, 0.2) is 9.84 Å². The van der Waals surface area contributed by atoms with Crippen molar-refractivity contribution >= 4 is 15.5 Å². The molecule has 0 amide bonds. The lowest BCUT2D eigenvalue weighted by Crippen LogP contribution is -2.21. The minimum Gasteiger partial charge on any atom is -0.382 e. The average molecular weight is 297 g/mol. The summed E-state index contributed by atoms with van der Waals surface area (Å²) in [5.74, 6) is 0.845. The van der Waals surface area contributed by atoms with Crippen LogP contribution in [0.25, 0.3) is 0 Å². The van der Waals surface area contributed by atoms with Crippen LogP contribution in [0.3, 0.4) is 0 Å². The predicted molar refractivity (Wildman–Crippen MR) is 85.9 cm³/mol. The zero-order valence-electron chi connectivity index (χ0n) is 13.0. The molecule has 0 fully saturated rings. The molecule has 0 aliphatic rings. The number of anilines is 1. The molecule has 3 nitrogen and oxygen atoms in total. The SMILES string of the molecule is CCC(C)CC(CC)Nc1ccc(S(=O)(=O)CC)cc1. The molecule has 0 aliphatic heterocycles. The molecular formula is C16H27NO2S. The van der Waals surface area contributed by atoms with E-state index in [0.29, 0.717) is 16.9 Å². The van der Waals surface area contributed by atoms with Crippen LogP contribution in [0, 0.1) is 5.92 Å². The Morgan fingerprint density at radius 3 is 2.10 bits per heavy atom. The van der Waals surface area contributed by atoms with Crippen molar-refractivity contribution in [2.75, 3.05) is 11.1 Å². The van der Waals surface area contributed by atoms with Gasteiger partial charge in [-0.25, -0.2) is 8.42 Å². The highest BCUT2D eigenvalue weighted by atomic mass is 32.2. The summed E-state index contributed by atoms with van der Waals surface area (Å²) in [5, 5.41) is 3.50. The summed E-state index contributed by atoms with van der Waals surface area (Å²) in [6, 6.07) is 7.55. The topological polar surface area (TPSA) is 46.2 Å². The van der Waals surface area contributed by atoms with Crippen LogP contribution in [-0.4, -0.2) is 20.2 Å². The van der Waals surface area contributed by atoms with Gasteiger partial charge in [-0.05, 0) is 43.0 Å². The van der Waals surface area contributed by atoms with Crippen LogP contribution in [0.1, 0.15) is 47.0 Å². The molecule has 1 rings (SSSR count). The molecule has 0 saturated carbocycles. The Morgan fingerprint density at radius 2 is 1.65 bits per heavy atom. The van der Waals surface area contributed by atoms with E-state index in [1.54, 1.807) is 19.1 Å². The van der Waals surface area contributed by atoms with Crippen LogP contribution in [-0.2, 0) is 9.84 Å². The maximum absolute atomic E-state index is 11.8. The summed E-state index contributed by atoms with van der Waals surface area (Å²) in [6.45, 7) is 8.32. The summed E-state index contributed by atoms with van der Waals surface area (Å²) < 4.78 is 23.5. The maximum Gasteiger partial charge on any atom is 0.178 e. The van der Waals surface area contributed by atoms with Gasteiger partial charge in [-0.15, -0.1) is 0 Å². The normalized spacial score (nSPS) is 14.8. The van der Waals surface area contributed by atoms with Gasteiger partial charge in [-0.2, -0.15) is 0 Å². The third-order valence-corrected chi connectivity index (χ3v) is 5.59. The Labute approximate surface area is 123 Å². The average Bonchev–Trinajstić information content (AvgIpc) is 2.46. The molecule has 0 radical (unpaired) electrons. The highest BCUT2D eigenvalue weighted by Crippen LogP contribution is 2.19. The fourth-order valence-electron chi connectivity index (χ4n) is 2.14. The van der Waals surface area contributed by atoms with E-state index in [0.717, 1.165) is 18.5 Å². The fraction of sp³-hybridized carbons (Fsp3) is 0.625. The van der Waals surface area contributed by atoms with Gasteiger partial charge in [-0.3, -0.25) is 0 Å². The second-order valence-electron chi connectivity index (χ2n) is 5.43. The first-order chi connectivity index (χ1) is 9.42. The van der Waals surface area contributed by atoms with E-state index in [4.69, 9.17) is 0 Å². The van der Waals surface area contributed by atoms with Gasteiger partial charge in [0.25, 0.3) is 0 Å². The molecule has 0 aliphatic carbocycles. The first kappa shape index (κ1) is 17.0. The molecule has 20 heavy (non-hydrogen) atoms. The van der Waals surface area contributed by atoms with Gasteiger partial charge in [0.1, 0.15) is 0 Å². The zero-order valence-corrected chi connectivity index (χ0v) is 13.8. The molecule has 114 valence electrons. The van der Waals surface area contributed by atoms with Crippen molar-refractivity contribution in [3.63, 3.8) is 0 Å². The number of hydrogen-bond donors (Lipinski definition) is 1. The minimum absolute atomic E-state index is 0.144. The molecule has 1 aromatic carbocycles. The monoisotopic (exact) mass is 297 g/mol. The molecule has 0 bridgehead atoms. The van der Waals surface area contributed by atoms with Crippen molar-refractivity contribution in [1.82, 2.24) is 0 Å². The Morgan fingerprint density at radius 1 is 1.05 bits per heavy atom. The standard InChI is InChI=1S/C16H27NO2S/c1-5-13(4)12-14(6-2)17-15-8-10-16(11-9-15)20(18,19)7-3/h8-11,13-14,17H,5-7,12H2,1-4H3. The van der Waals surface area contributed by atoms with E-state index in [2.05, 4.69) is 26.1 Å². The molecule has 1 aromatic rings. The lowest BCUT2D eigenvalue weighted by molar-refractivity contribution is 0.462. The van der Waals surface area contributed by atoms with Gasteiger partial charge >= 0.3 is 0 Å². The summed E-state index contributed by atoms with van der Waals surface area (Å²) in [6.07, 6.45) is 3.40. The molecule has 0 spiro atoms. The van der Waals surface area contributed by atoms with Crippen molar-refractivity contribution in [3.8, 4) is 0 Å². The molecule has 2 atom stereocenters. The highest BCUT2D eigenvalue weighted by Gasteiger charge is 2.13. The van der Waals surface area contributed by atoms with E-state index >= 15 is 0 Å². The summed E-state index contributed by atoms with van der Waals surface area (Å²) in [4.78, 5) is 0.403. The van der Waals surface area contributed by atoms with E-state index in [1.165, 1.54) is 6.42 Å². The van der Waals surface area contributed by atoms with Crippen LogP contribution in [0.5, 0.6) is 0 Å². The molecule has 4 heteroatoms. The summed E-state index contributed by atoms with van der Waals surface area (Å²) in [5.41, 5.74) is 0.996. The van der Waals surface area contributed by atoms with E-state index in [1.807, 2.05) is 12.1 Å². The second-order valence-corrected chi connectivity index (χ2v) is 7.70. The quantitative estimate of drug-likeness (QED) is 0.785. The first-order valence-electron chi connectivity index (χ1n) is 7.52. The number of rotatable bonds is 8. The lowest BCUT2D eigenvalue weighted by atomic mass is 9.97. The first-order valence-corrected chi connectivity index (χ1v) is 9.17. The molecular weight excluding hydrogens is 270 g/mol. The van der Waals surface area contributed by atoms with Crippen molar-refractivity contribution in [2.45, 2.75) is 57.9 Å². The van der Waals surface area contributed by atoms with Crippen molar-refractivity contribution in [1.29, 1.82) is 0 Å². The van der Waals surface area contributed by atoms with Crippen LogP contribution in [0.15, 0.2) is 29.2 Å². The number of benzene rings is 1. The molecule has 0 aromatic heterocycles. The van der Waals surface area contributed by atoms with Gasteiger partial charge in [0.05, 0.1) is 10.6 Å². The Balaban J connectivity index is 2.74.